The average molecular weight is 216 g/mol. The molecule has 1 atom stereocenters. The molecule has 1 nitrogen and oxygen atoms in total. The highest BCUT2D eigenvalue weighted by Crippen LogP contribution is 2.26. The van der Waals surface area contributed by atoms with Gasteiger partial charge < -0.3 is 5.32 Å². The van der Waals surface area contributed by atoms with Gasteiger partial charge in [-0.15, -0.1) is 11.3 Å². The summed E-state index contributed by atoms with van der Waals surface area (Å²) in [4.78, 5) is 1.36. The molecule has 0 aromatic carbocycles. The summed E-state index contributed by atoms with van der Waals surface area (Å²) in [5.74, 6) is 0.796. The Morgan fingerprint density at radius 2 is 2.54 bits per heavy atom. The monoisotopic (exact) mass is 215 g/mol. The molecule has 72 valence electrons. The highest BCUT2D eigenvalue weighted by Gasteiger charge is 2.15. The molecule has 1 aromatic heterocycles. The molecule has 0 bridgehead atoms. The maximum Gasteiger partial charge on any atom is 0.0545 e. The Morgan fingerprint density at radius 3 is 3.15 bits per heavy atom. The van der Waals surface area contributed by atoms with Crippen LogP contribution in [0.5, 0.6) is 0 Å². The molecular formula is C10H14ClNS. The molecule has 0 radical (unpaired) electrons. The van der Waals surface area contributed by atoms with Crippen molar-refractivity contribution in [3.05, 3.63) is 21.3 Å². The van der Waals surface area contributed by atoms with Gasteiger partial charge in [-0.1, -0.05) is 11.6 Å². The van der Waals surface area contributed by atoms with Gasteiger partial charge in [-0.25, -0.2) is 0 Å². The van der Waals surface area contributed by atoms with Crippen molar-refractivity contribution in [3.8, 4) is 0 Å². The smallest absolute Gasteiger partial charge is 0.0545 e. The van der Waals surface area contributed by atoms with Crippen molar-refractivity contribution in [2.24, 2.45) is 5.92 Å². The van der Waals surface area contributed by atoms with Crippen LogP contribution in [0.4, 0.5) is 0 Å². The molecule has 2 rings (SSSR count). The third kappa shape index (κ3) is 2.46. The summed E-state index contributed by atoms with van der Waals surface area (Å²) < 4.78 is 0. The van der Waals surface area contributed by atoms with Gasteiger partial charge in [0.15, 0.2) is 0 Å². The van der Waals surface area contributed by atoms with Gasteiger partial charge in [-0.2, -0.15) is 0 Å². The van der Waals surface area contributed by atoms with Gasteiger partial charge in [0.2, 0.25) is 0 Å². The summed E-state index contributed by atoms with van der Waals surface area (Å²) in [5, 5.41) is 6.46. The van der Waals surface area contributed by atoms with E-state index < -0.39 is 0 Å². The Morgan fingerprint density at radius 1 is 1.62 bits per heavy atom. The van der Waals surface area contributed by atoms with Gasteiger partial charge in [0.25, 0.3) is 0 Å². The fourth-order valence-electron chi connectivity index (χ4n) is 1.83. The molecule has 0 amide bonds. The second-order valence-corrected chi connectivity index (χ2v) is 5.02. The van der Waals surface area contributed by atoms with Crippen LogP contribution in [0.1, 0.15) is 17.7 Å². The van der Waals surface area contributed by atoms with Crippen LogP contribution in [0, 0.1) is 5.92 Å². The summed E-state index contributed by atoms with van der Waals surface area (Å²) in [5.41, 5.74) is 0. The average Bonchev–Trinajstić information content (AvgIpc) is 2.54. The van der Waals surface area contributed by atoms with E-state index in [0.29, 0.717) is 0 Å². The van der Waals surface area contributed by atoms with E-state index in [-0.39, 0.29) is 0 Å². The number of hydrogen-bond donors (Lipinski definition) is 1. The normalized spacial score (nSPS) is 23.3. The zero-order valence-corrected chi connectivity index (χ0v) is 9.13. The minimum atomic E-state index is 0.796. The fourth-order valence-corrected chi connectivity index (χ4v) is 3.06. The van der Waals surface area contributed by atoms with E-state index in [1.807, 2.05) is 6.07 Å². The highest BCUT2D eigenvalue weighted by atomic mass is 35.5. The van der Waals surface area contributed by atoms with E-state index in [1.54, 1.807) is 11.3 Å². The van der Waals surface area contributed by atoms with Crippen LogP contribution in [-0.4, -0.2) is 13.1 Å². The lowest BCUT2D eigenvalue weighted by atomic mass is 9.96. The topological polar surface area (TPSA) is 12.0 Å². The highest BCUT2D eigenvalue weighted by molar-refractivity contribution is 7.10. The molecule has 0 unspecified atom stereocenters. The van der Waals surface area contributed by atoms with Crippen LogP contribution in [0.2, 0.25) is 5.02 Å². The summed E-state index contributed by atoms with van der Waals surface area (Å²) in [7, 11) is 0. The summed E-state index contributed by atoms with van der Waals surface area (Å²) in [6, 6.07) is 2.00. The second-order valence-electron chi connectivity index (χ2n) is 3.61. The van der Waals surface area contributed by atoms with E-state index in [4.69, 9.17) is 11.6 Å². The van der Waals surface area contributed by atoms with E-state index >= 15 is 0 Å². The van der Waals surface area contributed by atoms with Gasteiger partial charge in [0, 0.05) is 4.88 Å². The Hall–Kier alpha value is -0.0500. The third-order valence-corrected chi connectivity index (χ3v) is 3.97. The number of hydrogen-bond acceptors (Lipinski definition) is 2. The molecule has 0 aliphatic carbocycles. The van der Waals surface area contributed by atoms with Gasteiger partial charge in [0.1, 0.15) is 0 Å². The van der Waals surface area contributed by atoms with Crippen LogP contribution < -0.4 is 5.32 Å². The maximum absolute atomic E-state index is 6.05. The quantitative estimate of drug-likeness (QED) is 0.800. The van der Waals surface area contributed by atoms with Crippen LogP contribution in [-0.2, 0) is 6.42 Å². The predicted octanol–water partition coefficient (Wildman–Crippen LogP) is 2.94. The molecule has 0 saturated carbocycles. The largest absolute Gasteiger partial charge is 0.316 e. The minimum Gasteiger partial charge on any atom is -0.316 e. The fraction of sp³-hybridized carbons (Fsp3) is 0.600. The zero-order valence-electron chi connectivity index (χ0n) is 7.55. The summed E-state index contributed by atoms with van der Waals surface area (Å²) in [6.45, 7) is 2.35. The van der Waals surface area contributed by atoms with Crippen molar-refractivity contribution in [3.63, 3.8) is 0 Å². The van der Waals surface area contributed by atoms with Crippen molar-refractivity contribution in [1.29, 1.82) is 0 Å². The lowest BCUT2D eigenvalue weighted by molar-refractivity contribution is 0.378. The molecule has 3 heteroatoms. The second kappa shape index (κ2) is 4.45. The Balaban J connectivity index is 1.93. The molecule has 1 aliphatic heterocycles. The Bertz CT molecular complexity index is 266. The van der Waals surface area contributed by atoms with Crippen LogP contribution in [0.15, 0.2) is 11.4 Å². The maximum atomic E-state index is 6.05. The number of thiophene rings is 1. The first kappa shape index (κ1) is 9.50. The number of halogens is 1. The first-order chi connectivity index (χ1) is 6.36. The van der Waals surface area contributed by atoms with Crippen molar-refractivity contribution in [2.75, 3.05) is 13.1 Å². The summed E-state index contributed by atoms with van der Waals surface area (Å²) in [6.07, 6.45) is 3.82. The molecule has 1 aliphatic rings. The number of piperidine rings is 1. The van der Waals surface area contributed by atoms with Crippen LogP contribution in [0.25, 0.3) is 0 Å². The van der Waals surface area contributed by atoms with Gasteiger partial charge in [-0.3, -0.25) is 0 Å². The van der Waals surface area contributed by atoms with E-state index in [2.05, 4.69) is 10.7 Å². The van der Waals surface area contributed by atoms with Crippen LogP contribution in [0.3, 0.4) is 0 Å². The molecular weight excluding hydrogens is 202 g/mol. The SMILES string of the molecule is Clc1ccsc1C[C@H]1CCCNC1. The number of rotatable bonds is 2. The third-order valence-electron chi connectivity index (χ3n) is 2.56. The summed E-state index contributed by atoms with van der Waals surface area (Å²) >= 11 is 7.83. The molecule has 0 spiro atoms. The number of nitrogens with one attached hydrogen (secondary N) is 1. The first-order valence-corrected chi connectivity index (χ1v) is 6.04. The minimum absolute atomic E-state index is 0.796. The first-order valence-electron chi connectivity index (χ1n) is 4.79. The van der Waals surface area contributed by atoms with E-state index in [9.17, 15) is 0 Å². The van der Waals surface area contributed by atoms with Crippen molar-refractivity contribution >= 4 is 22.9 Å². The molecule has 1 saturated heterocycles. The van der Waals surface area contributed by atoms with Crippen molar-refractivity contribution in [1.82, 2.24) is 5.32 Å². The van der Waals surface area contributed by atoms with Gasteiger partial charge >= 0.3 is 0 Å². The lowest BCUT2D eigenvalue weighted by Gasteiger charge is -2.22. The lowest BCUT2D eigenvalue weighted by Crippen LogP contribution is -2.30. The predicted molar refractivity (Wildman–Crippen MR) is 58.6 cm³/mol. The van der Waals surface area contributed by atoms with Gasteiger partial charge in [0.05, 0.1) is 5.02 Å². The van der Waals surface area contributed by atoms with E-state index in [0.717, 1.165) is 23.9 Å². The molecule has 1 fully saturated rings. The Labute approximate surface area is 88.1 Å². The van der Waals surface area contributed by atoms with Crippen molar-refractivity contribution < 1.29 is 0 Å². The molecule has 2 heterocycles. The van der Waals surface area contributed by atoms with Crippen LogP contribution >= 0.6 is 22.9 Å². The molecule has 13 heavy (non-hydrogen) atoms. The molecule has 1 aromatic rings. The van der Waals surface area contributed by atoms with E-state index in [1.165, 1.54) is 24.3 Å². The van der Waals surface area contributed by atoms with Crippen molar-refractivity contribution in [2.45, 2.75) is 19.3 Å². The standard InChI is InChI=1S/C10H14ClNS/c11-9-3-5-13-10(9)6-8-2-1-4-12-7-8/h3,5,8,12H,1-2,4,6-7H2/t8-/m1/s1. The zero-order chi connectivity index (χ0) is 9.10. The molecule has 1 N–H and O–H groups in total. The van der Waals surface area contributed by atoms with Gasteiger partial charge in [-0.05, 0) is 49.7 Å². The Kier molecular flexibility index (Phi) is 3.25.